The summed E-state index contributed by atoms with van der Waals surface area (Å²) >= 11 is 0. The van der Waals surface area contributed by atoms with Crippen LogP contribution in [0.3, 0.4) is 0 Å². The van der Waals surface area contributed by atoms with Crippen LogP contribution in [0, 0.1) is 5.41 Å². The first-order chi connectivity index (χ1) is 8.85. The second-order valence-corrected chi connectivity index (χ2v) is 5.15. The summed E-state index contributed by atoms with van der Waals surface area (Å²) in [6.07, 6.45) is 0. The molecule has 0 radical (unpaired) electrons. The van der Waals surface area contributed by atoms with Gasteiger partial charge in [0.2, 0.25) is 5.91 Å². The Bertz CT molecular complexity index is 682. The quantitative estimate of drug-likeness (QED) is 0.866. The summed E-state index contributed by atoms with van der Waals surface area (Å²) in [4.78, 5) is 23.4. The van der Waals surface area contributed by atoms with Crippen LogP contribution in [-0.4, -0.2) is 17.0 Å². The van der Waals surface area contributed by atoms with Crippen LogP contribution in [0.5, 0.6) is 0 Å². The van der Waals surface area contributed by atoms with Gasteiger partial charge in [0.15, 0.2) is 5.58 Å². The number of amides is 1. The molecular formula is C13H17N3O3. The third-order valence-corrected chi connectivity index (χ3v) is 3.17. The smallest absolute Gasteiger partial charge is 0.408 e. The Balaban J connectivity index is 2.34. The molecule has 2 rings (SSSR count). The molecule has 3 N–H and O–H groups in total. The number of hydrogen-bond acceptors (Lipinski definition) is 4. The minimum atomic E-state index is -0.642. The Morgan fingerprint density at radius 3 is 2.79 bits per heavy atom. The maximum Gasteiger partial charge on any atom is 0.419 e. The lowest BCUT2D eigenvalue weighted by Gasteiger charge is -2.21. The van der Waals surface area contributed by atoms with Crippen LogP contribution in [0.4, 0.5) is 5.69 Å². The SMILES string of the molecule is Cn1c(=O)oc2ccc(NC(=O)C(C)(C)CN)cc21. The fraction of sp³-hybridized carbons (Fsp3) is 0.385. The van der Waals surface area contributed by atoms with Crippen LogP contribution in [0.2, 0.25) is 0 Å². The van der Waals surface area contributed by atoms with Gasteiger partial charge in [0, 0.05) is 19.3 Å². The van der Waals surface area contributed by atoms with Crippen LogP contribution >= 0.6 is 0 Å². The van der Waals surface area contributed by atoms with E-state index in [0.29, 0.717) is 16.8 Å². The zero-order valence-corrected chi connectivity index (χ0v) is 11.2. The number of aryl methyl sites for hydroxylation is 1. The van der Waals surface area contributed by atoms with Crippen molar-refractivity contribution in [2.75, 3.05) is 11.9 Å². The normalized spacial score (nSPS) is 11.8. The second kappa shape index (κ2) is 4.55. The lowest BCUT2D eigenvalue weighted by molar-refractivity contribution is -0.123. The van der Waals surface area contributed by atoms with E-state index < -0.39 is 11.2 Å². The first kappa shape index (κ1) is 13.4. The van der Waals surface area contributed by atoms with E-state index in [0.717, 1.165) is 0 Å². The number of oxazole rings is 1. The predicted molar refractivity (Wildman–Crippen MR) is 72.9 cm³/mol. The predicted octanol–water partition coefficient (Wildman–Crippen LogP) is 1.05. The zero-order valence-electron chi connectivity index (χ0n) is 11.2. The Labute approximate surface area is 110 Å². The molecule has 19 heavy (non-hydrogen) atoms. The number of anilines is 1. The summed E-state index contributed by atoms with van der Waals surface area (Å²) in [5.74, 6) is -0.594. The van der Waals surface area contributed by atoms with Crippen LogP contribution in [0.15, 0.2) is 27.4 Å². The summed E-state index contributed by atoms with van der Waals surface area (Å²) in [5, 5.41) is 2.79. The molecule has 0 saturated heterocycles. The van der Waals surface area contributed by atoms with Crippen LogP contribution < -0.4 is 16.8 Å². The lowest BCUT2D eigenvalue weighted by atomic mass is 9.92. The van der Waals surface area contributed by atoms with Gasteiger partial charge in [0.05, 0.1) is 10.9 Å². The van der Waals surface area contributed by atoms with Crippen molar-refractivity contribution in [3.63, 3.8) is 0 Å². The number of carbonyl (C=O) groups excluding carboxylic acids is 1. The summed E-state index contributed by atoms with van der Waals surface area (Å²) < 4.78 is 6.41. The molecule has 0 spiro atoms. The summed E-state index contributed by atoms with van der Waals surface area (Å²) in [7, 11) is 1.61. The summed E-state index contributed by atoms with van der Waals surface area (Å²) in [6.45, 7) is 3.80. The van der Waals surface area contributed by atoms with Gasteiger partial charge >= 0.3 is 5.76 Å². The average Bonchev–Trinajstić information content (AvgIpc) is 2.65. The number of rotatable bonds is 3. The van der Waals surface area contributed by atoms with Gasteiger partial charge in [-0.25, -0.2) is 4.79 Å². The Hall–Kier alpha value is -2.08. The molecule has 0 saturated carbocycles. The van der Waals surface area contributed by atoms with Crippen molar-refractivity contribution < 1.29 is 9.21 Å². The van der Waals surface area contributed by atoms with E-state index in [9.17, 15) is 9.59 Å². The molecule has 6 nitrogen and oxygen atoms in total. The van der Waals surface area contributed by atoms with Gasteiger partial charge in [-0.2, -0.15) is 0 Å². The highest BCUT2D eigenvalue weighted by molar-refractivity contribution is 5.96. The summed E-state index contributed by atoms with van der Waals surface area (Å²) in [5.41, 5.74) is 6.64. The number of hydrogen-bond donors (Lipinski definition) is 2. The topological polar surface area (TPSA) is 90.3 Å². The van der Waals surface area contributed by atoms with E-state index in [4.69, 9.17) is 10.2 Å². The van der Waals surface area contributed by atoms with Gasteiger partial charge in [-0.3, -0.25) is 9.36 Å². The van der Waals surface area contributed by atoms with Crippen LogP contribution in [-0.2, 0) is 11.8 Å². The molecule has 0 aliphatic rings. The number of nitrogens with two attached hydrogens (primary N) is 1. The molecule has 6 heteroatoms. The first-order valence-corrected chi connectivity index (χ1v) is 5.96. The van der Waals surface area contributed by atoms with Crippen molar-refractivity contribution in [1.29, 1.82) is 0 Å². The van der Waals surface area contributed by atoms with E-state index in [1.165, 1.54) is 4.57 Å². The fourth-order valence-electron chi connectivity index (χ4n) is 1.60. The number of carbonyl (C=O) groups is 1. The summed E-state index contributed by atoms with van der Waals surface area (Å²) in [6, 6.07) is 5.04. The lowest BCUT2D eigenvalue weighted by Crippen LogP contribution is -2.37. The standard InChI is InChI=1S/C13H17N3O3/c1-13(2,7-14)11(17)15-8-4-5-10-9(6-8)16(3)12(18)19-10/h4-6H,7,14H2,1-3H3,(H,15,17). The zero-order chi connectivity index (χ0) is 14.2. The number of nitrogens with one attached hydrogen (secondary N) is 1. The van der Waals surface area contributed by atoms with Gasteiger partial charge in [-0.1, -0.05) is 0 Å². The molecule has 102 valence electrons. The first-order valence-electron chi connectivity index (χ1n) is 5.96. The molecule has 0 unspecified atom stereocenters. The highest BCUT2D eigenvalue weighted by atomic mass is 16.4. The van der Waals surface area contributed by atoms with Crippen molar-refractivity contribution in [3.05, 3.63) is 28.7 Å². The molecule has 0 aliphatic carbocycles. The minimum Gasteiger partial charge on any atom is -0.408 e. The van der Waals surface area contributed by atoms with Gasteiger partial charge in [-0.15, -0.1) is 0 Å². The number of fused-ring (bicyclic) bond motifs is 1. The maximum atomic E-state index is 12.0. The Morgan fingerprint density at radius 2 is 2.16 bits per heavy atom. The van der Waals surface area contributed by atoms with Crippen molar-refractivity contribution in [3.8, 4) is 0 Å². The largest absolute Gasteiger partial charge is 0.419 e. The van der Waals surface area contributed by atoms with E-state index in [1.54, 1.807) is 39.1 Å². The molecule has 0 fully saturated rings. The number of nitrogens with zero attached hydrogens (tertiary/aromatic N) is 1. The van der Waals surface area contributed by atoms with Gasteiger partial charge in [0.25, 0.3) is 0 Å². The van der Waals surface area contributed by atoms with Gasteiger partial charge in [0.1, 0.15) is 0 Å². The number of aromatic nitrogens is 1. The minimum absolute atomic E-state index is 0.164. The van der Waals surface area contributed by atoms with E-state index in [1.807, 2.05) is 0 Å². The molecule has 0 bridgehead atoms. The molecule has 0 aliphatic heterocycles. The molecule has 2 aromatic rings. The molecule has 1 amide bonds. The monoisotopic (exact) mass is 263 g/mol. The third-order valence-electron chi connectivity index (χ3n) is 3.17. The van der Waals surface area contributed by atoms with Crippen molar-refractivity contribution in [1.82, 2.24) is 4.57 Å². The maximum absolute atomic E-state index is 12.0. The Kier molecular flexibility index (Phi) is 3.20. The number of benzene rings is 1. The highest BCUT2D eigenvalue weighted by Gasteiger charge is 2.25. The fourth-order valence-corrected chi connectivity index (χ4v) is 1.60. The molecule has 0 atom stereocenters. The van der Waals surface area contributed by atoms with Crippen LogP contribution in [0.25, 0.3) is 11.1 Å². The molecule has 1 aromatic carbocycles. The highest BCUT2D eigenvalue weighted by Crippen LogP contribution is 2.21. The van der Waals surface area contributed by atoms with Crippen molar-refractivity contribution in [2.45, 2.75) is 13.8 Å². The van der Waals surface area contributed by atoms with E-state index >= 15 is 0 Å². The van der Waals surface area contributed by atoms with Crippen molar-refractivity contribution in [2.24, 2.45) is 18.2 Å². The van der Waals surface area contributed by atoms with Crippen molar-refractivity contribution >= 4 is 22.7 Å². The third kappa shape index (κ3) is 2.39. The van der Waals surface area contributed by atoms with Gasteiger partial charge < -0.3 is 15.5 Å². The van der Waals surface area contributed by atoms with Gasteiger partial charge in [-0.05, 0) is 32.0 Å². The molecule has 1 aromatic heterocycles. The molecular weight excluding hydrogens is 246 g/mol. The van der Waals surface area contributed by atoms with E-state index in [-0.39, 0.29) is 12.5 Å². The Morgan fingerprint density at radius 1 is 1.47 bits per heavy atom. The molecule has 1 heterocycles. The average molecular weight is 263 g/mol. The van der Waals surface area contributed by atoms with Crippen LogP contribution in [0.1, 0.15) is 13.8 Å². The van der Waals surface area contributed by atoms with E-state index in [2.05, 4.69) is 5.32 Å². The second-order valence-electron chi connectivity index (χ2n) is 5.15.